The molecule has 0 radical (unpaired) electrons. The summed E-state index contributed by atoms with van der Waals surface area (Å²) in [5.74, 6) is 0.955. The van der Waals surface area contributed by atoms with Crippen molar-refractivity contribution in [2.24, 2.45) is 11.7 Å². The van der Waals surface area contributed by atoms with E-state index in [4.69, 9.17) is 5.73 Å². The highest BCUT2D eigenvalue weighted by atomic mass is 16.1. The lowest BCUT2D eigenvalue weighted by molar-refractivity contribution is -0.118. The molecule has 2 N–H and O–H groups in total. The minimum absolute atomic E-state index is 0.347. The summed E-state index contributed by atoms with van der Waals surface area (Å²) in [5, 5.41) is 0. The summed E-state index contributed by atoms with van der Waals surface area (Å²) in [4.78, 5) is 12.0. The van der Waals surface area contributed by atoms with Crippen LogP contribution in [0.3, 0.4) is 0 Å². The quantitative estimate of drug-likeness (QED) is 0.739. The van der Waals surface area contributed by atoms with Crippen molar-refractivity contribution in [1.82, 2.24) is 0 Å². The number of benzene rings is 1. The van der Waals surface area contributed by atoms with E-state index in [1.165, 1.54) is 5.56 Å². The summed E-state index contributed by atoms with van der Waals surface area (Å²) < 4.78 is 0. The van der Waals surface area contributed by atoms with Crippen molar-refractivity contribution in [3.63, 3.8) is 0 Å². The first-order valence-electron chi connectivity index (χ1n) is 7.49. The molecule has 0 saturated carbocycles. The van der Waals surface area contributed by atoms with Crippen LogP contribution in [0.25, 0.3) is 0 Å². The highest BCUT2D eigenvalue weighted by Gasteiger charge is 2.09. The number of carbonyl (C=O) groups excluding carboxylic acids is 1. The summed E-state index contributed by atoms with van der Waals surface area (Å²) in [6.07, 6.45) is 5.45. The van der Waals surface area contributed by atoms with Crippen LogP contribution in [-0.4, -0.2) is 12.3 Å². The SMILES string of the molecule is CCc1ccc(CC(=O)CCC(CC)CCN)cc1. The first-order chi connectivity index (χ1) is 9.19. The van der Waals surface area contributed by atoms with Gasteiger partial charge >= 0.3 is 0 Å². The molecule has 0 heterocycles. The molecule has 0 spiro atoms. The van der Waals surface area contributed by atoms with Gasteiger partial charge in [-0.1, -0.05) is 44.5 Å². The first-order valence-corrected chi connectivity index (χ1v) is 7.49. The lowest BCUT2D eigenvalue weighted by Crippen LogP contribution is -2.11. The molecule has 1 aromatic carbocycles. The molecule has 1 atom stereocenters. The smallest absolute Gasteiger partial charge is 0.137 e. The summed E-state index contributed by atoms with van der Waals surface area (Å²) in [7, 11) is 0. The van der Waals surface area contributed by atoms with Crippen LogP contribution in [0.1, 0.15) is 50.7 Å². The average molecular weight is 261 g/mol. The monoisotopic (exact) mass is 261 g/mol. The Balaban J connectivity index is 2.37. The lowest BCUT2D eigenvalue weighted by Gasteiger charge is -2.12. The van der Waals surface area contributed by atoms with Gasteiger partial charge in [-0.15, -0.1) is 0 Å². The van der Waals surface area contributed by atoms with Crippen molar-refractivity contribution in [1.29, 1.82) is 0 Å². The van der Waals surface area contributed by atoms with Crippen molar-refractivity contribution in [3.8, 4) is 0 Å². The van der Waals surface area contributed by atoms with Crippen LogP contribution < -0.4 is 5.73 Å². The van der Waals surface area contributed by atoms with Gasteiger partial charge in [-0.05, 0) is 42.9 Å². The van der Waals surface area contributed by atoms with E-state index in [0.717, 1.165) is 37.8 Å². The molecular formula is C17H27NO. The number of nitrogens with two attached hydrogens (primary N) is 1. The molecule has 0 aromatic heterocycles. The molecule has 2 heteroatoms. The second kappa shape index (κ2) is 8.87. The molecule has 19 heavy (non-hydrogen) atoms. The summed E-state index contributed by atoms with van der Waals surface area (Å²) in [6, 6.07) is 8.39. The molecule has 1 rings (SSSR count). The van der Waals surface area contributed by atoms with Gasteiger partial charge in [0.25, 0.3) is 0 Å². The largest absolute Gasteiger partial charge is 0.330 e. The molecule has 0 amide bonds. The molecule has 0 bridgehead atoms. The average Bonchev–Trinajstić information content (AvgIpc) is 2.44. The highest BCUT2D eigenvalue weighted by Crippen LogP contribution is 2.16. The Labute approximate surface area is 117 Å². The van der Waals surface area contributed by atoms with E-state index < -0.39 is 0 Å². The van der Waals surface area contributed by atoms with Gasteiger partial charge in [0.2, 0.25) is 0 Å². The maximum atomic E-state index is 12.0. The van der Waals surface area contributed by atoms with Crippen LogP contribution in [0.5, 0.6) is 0 Å². The number of Topliss-reactive ketones (excluding diaryl/α,β-unsaturated/α-hetero) is 1. The highest BCUT2D eigenvalue weighted by molar-refractivity contribution is 5.80. The molecule has 0 fully saturated rings. The van der Waals surface area contributed by atoms with E-state index in [9.17, 15) is 4.79 Å². The topological polar surface area (TPSA) is 43.1 Å². The van der Waals surface area contributed by atoms with Crippen LogP contribution in [0.4, 0.5) is 0 Å². The summed E-state index contributed by atoms with van der Waals surface area (Å²) in [6.45, 7) is 5.04. The third kappa shape index (κ3) is 6.02. The Morgan fingerprint density at radius 3 is 2.26 bits per heavy atom. The molecule has 1 aromatic rings. The minimum atomic E-state index is 0.347. The van der Waals surface area contributed by atoms with E-state index in [-0.39, 0.29) is 0 Å². The zero-order chi connectivity index (χ0) is 14.1. The van der Waals surface area contributed by atoms with Gasteiger partial charge in [-0.25, -0.2) is 0 Å². The molecule has 0 aliphatic rings. The van der Waals surface area contributed by atoms with Gasteiger partial charge in [-0.3, -0.25) is 4.79 Å². The van der Waals surface area contributed by atoms with E-state index >= 15 is 0 Å². The van der Waals surface area contributed by atoms with Gasteiger partial charge in [-0.2, -0.15) is 0 Å². The number of hydrogen-bond acceptors (Lipinski definition) is 2. The van der Waals surface area contributed by atoms with Gasteiger partial charge < -0.3 is 5.73 Å². The zero-order valence-corrected chi connectivity index (χ0v) is 12.3. The number of carbonyl (C=O) groups is 1. The first kappa shape index (κ1) is 15.9. The standard InChI is InChI=1S/C17H27NO/c1-3-14-5-7-16(8-6-14)13-17(19)10-9-15(4-2)11-12-18/h5-8,15H,3-4,9-13,18H2,1-2H3. The van der Waals surface area contributed by atoms with Crippen molar-refractivity contribution < 1.29 is 4.79 Å². The Morgan fingerprint density at radius 2 is 1.74 bits per heavy atom. The van der Waals surface area contributed by atoms with Crippen LogP contribution in [0.2, 0.25) is 0 Å². The van der Waals surface area contributed by atoms with E-state index in [1.807, 2.05) is 0 Å². The van der Waals surface area contributed by atoms with Crippen LogP contribution in [-0.2, 0) is 17.6 Å². The van der Waals surface area contributed by atoms with Gasteiger partial charge in [0.15, 0.2) is 0 Å². The molecule has 0 saturated heterocycles. The van der Waals surface area contributed by atoms with Gasteiger partial charge in [0.05, 0.1) is 0 Å². The second-order valence-electron chi connectivity index (χ2n) is 5.28. The molecule has 1 unspecified atom stereocenters. The predicted molar refractivity (Wildman–Crippen MR) is 81.2 cm³/mol. The Kier molecular flexibility index (Phi) is 7.42. The Morgan fingerprint density at radius 1 is 1.11 bits per heavy atom. The molecule has 2 nitrogen and oxygen atoms in total. The number of ketones is 1. The number of aryl methyl sites for hydroxylation is 1. The Bertz CT molecular complexity index is 369. The normalized spacial score (nSPS) is 12.4. The predicted octanol–water partition coefficient (Wildman–Crippen LogP) is 3.52. The second-order valence-corrected chi connectivity index (χ2v) is 5.28. The number of hydrogen-bond donors (Lipinski definition) is 1. The van der Waals surface area contributed by atoms with E-state index in [0.29, 0.717) is 24.5 Å². The van der Waals surface area contributed by atoms with Crippen molar-refractivity contribution in [3.05, 3.63) is 35.4 Å². The Hall–Kier alpha value is -1.15. The summed E-state index contributed by atoms with van der Waals surface area (Å²) in [5.41, 5.74) is 8.03. The molecule has 106 valence electrons. The van der Waals surface area contributed by atoms with E-state index in [2.05, 4.69) is 38.1 Å². The fourth-order valence-corrected chi connectivity index (χ4v) is 2.36. The maximum Gasteiger partial charge on any atom is 0.137 e. The van der Waals surface area contributed by atoms with Crippen molar-refractivity contribution in [2.75, 3.05) is 6.54 Å². The van der Waals surface area contributed by atoms with Gasteiger partial charge in [0.1, 0.15) is 5.78 Å². The maximum absolute atomic E-state index is 12.0. The fraction of sp³-hybridized carbons (Fsp3) is 0.588. The van der Waals surface area contributed by atoms with E-state index in [1.54, 1.807) is 0 Å². The van der Waals surface area contributed by atoms with Crippen LogP contribution in [0, 0.1) is 5.92 Å². The molecule has 0 aliphatic carbocycles. The van der Waals surface area contributed by atoms with Crippen LogP contribution in [0.15, 0.2) is 24.3 Å². The lowest BCUT2D eigenvalue weighted by atomic mass is 9.94. The number of rotatable bonds is 9. The van der Waals surface area contributed by atoms with Crippen molar-refractivity contribution >= 4 is 5.78 Å². The van der Waals surface area contributed by atoms with Gasteiger partial charge in [0, 0.05) is 12.8 Å². The third-order valence-corrected chi connectivity index (χ3v) is 3.82. The summed E-state index contributed by atoms with van der Waals surface area (Å²) >= 11 is 0. The molecule has 0 aliphatic heterocycles. The van der Waals surface area contributed by atoms with Crippen molar-refractivity contribution in [2.45, 2.75) is 52.4 Å². The fourth-order valence-electron chi connectivity index (χ4n) is 2.36. The molecular weight excluding hydrogens is 234 g/mol. The minimum Gasteiger partial charge on any atom is -0.330 e. The zero-order valence-electron chi connectivity index (χ0n) is 12.3. The third-order valence-electron chi connectivity index (χ3n) is 3.82. The van der Waals surface area contributed by atoms with Crippen LogP contribution >= 0.6 is 0 Å².